The van der Waals surface area contributed by atoms with Crippen molar-refractivity contribution in [3.8, 4) is 17.1 Å². The third-order valence-electron chi connectivity index (χ3n) is 7.95. The summed E-state index contributed by atoms with van der Waals surface area (Å²) in [6.07, 6.45) is 0. The molecule has 0 N–H and O–H groups in total. The van der Waals surface area contributed by atoms with E-state index in [-0.39, 0.29) is 11.2 Å². The average Bonchev–Trinajstić information content (AvgIpc) is 3.81. The molecule has 0 aliphatic carbocycles. The van der Waals surface area contributed by atoms with Crippen LogP contribution in [-0.4, -0.2) is 34.6 Å². The fourth-order valence-electron chi connectivity index (χ4n) is 5.34. The maximum atomic E-state index is 12.2. The van der Waals surface area contributed by atoms with Gasteiger partial charge in [-0.1, -0.05) is 80.5 Å². The van der Waals surface area contributed by atoms with Crippen molar-refractivity contribution in [2.45, 2.75) is 0 Å². The van der Waals surface area contributed by atoms with E-state index in [1.807, 2.05) is 0 Å². The van der Waals surface area contributed by atoms with Crippen molar-refractivity contribution in [1.29, 1.82) is 0 Å². The van der Waals surface area contributed by atoms with E-state index in [0.717, 1.165) is 9.27 Å². The second-order valence-corrected chi connectivity index (χ2v) is 14.2. The van der Waals surface area contributed by atoms with Crippen LogP contribution in [0, 0.1) is 25.7 Å². The highest BCUT2D eigenvalue weighted by atomic mass is 79.9. The highest BCUT2D eigenvalue weighted by molar-refractivity contribution is 9.10. The number of benzene rings is 6. The van der Waals surface area contributed by atoms with E-state index < -0.39 is 4.92 Å². The highest BCUT2D eigenvalue weighted by Gasteiger charge is 2.21. The molecule has 9 rings (SSSR count). The summed E-state index contributed by atoms with van der Waals surface area (Å²) in [5.41, 5.74) is 4.08. The zero-order valence-corrected chi connectivity index (χ0v) is 32.6. The molecule has 0 fully saturated rings. The number of rotatable bonds is 4. The predicted molar refractivity (Wildman–Crippen MR) is 214 cm³/mol. The Kier molecular flexibility index (Phi) is 10.9. The molecule has 3 aromatic heterocycles. The van der Waals surface area contributed by atoms with Crippen molar-refractivity contribution in [2.75, 3.05) is 0 Å². The summed E-state index contributed by atoms with van der Waals surface area (Å²) in [6, 6.07) is 34.8. The summed E-state index contributed by atoms with van der Waals surface area (Å²) >= 11 is 27.0. The van der Waals surface area contributed by atoms with Crippen molar-refractivity contribution in [3.63, 3.8) is 0 Å². The maximum absolute atomic E-state index is 12.2. The molecular weight excluding hydrogens is 874 g/mol. The molecular formula is C36H21BrCl4N10O5. The van der Waals surface area contributed by atoms with Crippen LogP contribution >= 0.6 is 62.3 Å². The van der Waals surface area contributed by atoms with E-state index in [0.29, 0.717) is 79.3 Å². The molecule has 0 bridgehead atoms. The van der Waals surface area contributed by atoms with E-state index in [4.69, 9.17) is 46.4 Å². The molecule has 56 heavy (non-hydrogen) atoms. The number of aromatic nitrogens is 9. The minimum Gasteiger partial charge on any atom is -0.692 e. The lowest BCUT2D eigenvalue weighted by molar-refractivity contribution is -0.664. The predicted octanol–water partition coefficient (Wildman–Crippen LogP) is 8.26. The summed E-state index contributed by atoms with van der Waals surface area (Å²) in [4.78, 5) is 15.7. The lowest BCUT2D eigenvalue weighted by atomic mass is 10.3. The monoisotopic (exact) mass is 892 g/mol. The Morgan fingerprint density at radius 1 is 0.536 bits per heavy atom. The summed E-state index contributed by atoms with van der Waals surface area (Å²) in [7, 11) is 0. The van der Waals surface area contributed by atoms with Gasteiger partial charge in [0.1, 0.15) is 17.1 Å². The Bertz CT molecular complexity index is 2920. The van der Waals surface area contributed by atoms with E-state index in [1.165, 1.54) is 27.8 Å². The molecule has 0 aliphatic rings. The first-order chi connectivity index (χ1) is 26.9. The number of hydrogen-bond acceptors (Lipinski definition) is 8. The van der Waals surface area contributed by atoms with Gasteiger partial charge in [0, 0.05) is 43.8 Å². The molecule has 0 saturated carbocycles. The normalized spacial score (nSPS) is 10.9. The first-order valence-corrected chi connectivity index (χ1v) is 18.3. The van der Waals surface area contributed by atoms with Gasteiger partial charge in [-0.15, -0.1) is 14.5 Å². The summed E-state index contributed by atoms with van der Waals surface area (Å²) in [6.45, 7) is 0. The van der Waals surface area contributed by atoms with E-state index >= 15 is 0 Å². The summed E-state index contributed by atoms with van der Waals surface area (Å²) in [5.74, 6) is 0. The zero-order chi connectivity index (χ0) is 39.7. The molecule has 280 valence electrons. The molecule has 0 radical (unpaired) electrons. The van der Waals surface area contributed by atoms with Gasteiger partial charge >= 0.3 is 0 Å². The van der Waals surface area contributed by atoms with Gasteiger partial charge in [-0.25, -0.2) is 0 Å². The second-order valence-electron chi connectivity index (χ2n) is 11.6. The molecule has 0 atom stereocenters. The highest BCUT2D eigenvalue weighted by Crippen LogP contribution is 2.22. The topological polar surface area (TPSA) is 177 Å². The Morgan fingerprint density at radius 2 is 1.09 bits per heavy atom. The number of nitro groups is 1. The van der Waals surface area contributed by atoms with Crippen LogP contribution in [0.1, 0.15) is 0 Å². The number of hydrogen-bond donors (Lipinski definition) is 0. The minimum absolute atomic E-state index is 0.141. The first-order valence-electron chi connectivity index (χ1n) is 16.0. The van der Waals surface area contributed by atoms with Gasteiger partial charge in [0.25, 0.3) is 22.2 Å². The second kappa shape index (κ2) is 16.0. The van der Waals surface area contributed by atoms with Crippen LogP contribution in [0.25, 0.3) is 50.2 Å². The van der Waals surface area contributed by atoms with Crippen LogP contribution in [0.3, 0.4) is 0 Å². The molecule has 0 unspecified atom stereocenters. The molecule has 9 aromatic rings. The van der Waals surface area contributed by atoms with Crippen molar-refractivity contribution in [3.05, 3.63) is 178 Å². The van der Waals surface area contributed by atoms with Gasteiger partial charge in [-0.3, -0.25) is 10.1 Å². The molecule has 15 nitrogen and oxygen atoms in total. The molecule has 0 aliphatic heterocycles. The molecule has 0 saturated heterocycles. The third kappa shape index (κ3) is 7.87. The fraction of sp³-hybridized carbons (Fsp3) is 0. The fourth-order valence-corrected chi connectivity index (χ4v) is 6.33. The SMILES string of the molecule is O=[N+]([O-])c1ccc2nn(-c3ccc(Br)cc3)[n+]([O-])c2c1.[O-][n+]1c2ccc(Cl)cc2nn1-c1cccc(Cl)c1.[O-][n+]1c2ccc(Cl)cc2nn1-c1ccccc1Cl. The van der Waals surface area contributed by atoms with Gasteiger partial charge in [-0.2, -0.15) is 0 Å². The lowest BCUT2D eigenvalue weighted by Crippen LogP contribution is -2.37. The molecule has 20 heteroatoms. The van der Waals surface area contributed by atoms with Crippen LogP contribution in [0.15, 0.2) is 132 Å². The Hall–Kier alpha value is -6.04. The smallest absolute Gasteiger partial charge is 0.274 e. The zero-order valence-electron chi connectivity index (χ0n) is 28.0. The first kappa shape index (κ1) is 38.2. The van der Waals surface area contributed by atoms with Crippen molar-refractivity contribution < 1.29 is 19.5 Å². The van der Waals surface area contributed by atoms with Crippen LogP contribution in [0.5, 0.6) is 0 Å². The Balaban J connectivity index is 0.000000129. The maximum Gasteiger partial charge on any atom is 0.274 e. The van der Waals surface area contributed by atoms with E-state index in [9.17, 15) is 25.7 Å². The largest absolute Gasteiger partial charge is 0.692 e. The van der Waals surface area contributed by atoms with Gasteiger partial charge in [-0.05, 0) is 93.3 Å². The van der Waals surface area contributed by atoms with E-state index in [2.05, 4.69) is 31.2 Å². The van der Waals surface area contributed by atoms with Crippen LogP contribution < -0.4 is 14.5 Å². The lowest BCUT2D eigenvalue weighted by Gasteiger charge is -2.04. The Labute approximate surface area is 343 Å². The van der Waals surface area contributed by atoms with Gasteiger partial charge in [0.15, 0.2) is 0 Å². The van der Waals surface area contributed by atoms with Gasteiger partial charge in [0.2, 0.25) is 16.6 Å². The van der Waals surface area contributed by atoms with Crippen LogP contribution in [0.2, 0.25) is 20.1 Å². The van der Waals surface area contributed by atoms with Crippen LogP contribution in [0.4, 0.5) is 5.69 Å². The average molecular weight is 895 g/mol. The van der Waals surface area contributed by atoms with Crippen molar-refractivity contribution in [1.82, 2.24) is 29.7 Å². The van der Waals surface area contributed by atoms with Gasteiger partial charge in [0.05, 0.1) is 31.3 Å². The van der Waals surface area contributed by atoms with Crippen LogP contribution in [-0.2, 0) is 0 Å². The van der Waals surface area contributed by atoms with Gasteiger partial charge < -0.3 is 15.6 Å². The number of nitrogens with zero attached hydrogens (tertiary/aromatic N) is 10. The molecule has 0 spiro atoms. The number of fused-ring (bicyclic) bond motifs is 3. The number of para-hydroxylation sites is 1. The minimum atomic E-state index is -0.545. The molecule has 0 amide bonds. The number of nitro benzene ring substituents is 1. The van der Waals surface area contributed by atoms with Crippen molar-refractivity contribution in [2.24, 2.45) is 0 Å². The number of halogens is 5. The quantitative estimate of drug-likeness (QED) is 0.0734. The third-order valence-corrected chi connectivity index (χ3v) is 9.50. The molecule has 3 heterocycles. The summed E-state index contributed by atoms with van der Waals surface area (Å²) < 4.78 is 0.881. The van der Waals surface area contributed by atoms with Crippen molar-refractivity contribution >= 4 is 101 Å². The standard InChI is InChI=1S/C12H7BrN4O3.2C12H7Cl2N3O/c13-8-1-3-9(4-2-8)15-14-11-6-5-10(17(19)20)7-12(11)16(15)18;13-8-2-1-3-10(6-8)16-15-11-7-9(14)4-5-12(11)17(16)18;13-8-5-6-12-10(7-8)15-16(17(12)18)11-4-2-1-3-9(11)14/h1-7H;2*1-7H. The van der Waals surface area contributed by atoms with E-state index in [1.54, 1.807) is 109 Å². The number of non-ortho nitro benzene ring substituents is 1. The summed E-state index contributed by atoms with van der Waals surface area (Å²) in [5, 5.41) is 61.7. The Morgan fingerprint density at radius 3 is 1.71 bits per heavy atom. The molecule has 6 aromatic carbocycles.